The predicted octanol–water partition coefficient (Wildman–Crippen LogP) is -2.13. The summed E-state index contributed by atoms with van der Waals surface area (Å²) < 4.78 is 83.9. The van der Waals surface area contributed by atoms with Crippen molar-refractivity contribution in [1.82, 2.24) is 19.5 Å². The number of nitrogen functional groups attached to an aromatic ring is 1. The van der Waals surface area contributed by atoms with Gasteiger partial charge in [0.05, 0.1) is 12.9 Å². The summed E-state index contributed by atoms with van der Waals surface area (Å²) in [6.07, 6.45) is -0.873. The van der Waals surface area contributed by atoms with E-state index >= 15 is 0 Å². The molecule has 2 aliphatic rings. The van der Waals surface area contributed by atoms with Crippen molar-refractivity contribution in [3.05, 3.63) is 12.7 Å². The summed E-state index contributed by atoms with van der Waals surface area (Å²) >= 11 is 0. The number of hydrogen-bond acceptors (Lipinski definition) is 14. The lowest BCUT2D eigenvalue weighted by atomic mass is 10.1. The zero-order valence-electron chi connectivity index (χ0n) is 15.2. The number of aromatic nitrogens is 4. The molecule has 0 aliphatic carbocycles. The maximum atomic E-state index is 11.7. The van der Waals surface area contributed by atoms with Gasteiger partial charge < -0.3 is 29.2 Å². The first-order valence-electron chi connectivity index (χ1n) is 8.31. The highest BCUT2D eigenvalue weighted by atomic mass is 32.3. The Labute approximate surface area is 169 Å². The Morgan fingerprint density at radius 1 is 1.17 bits per heavy atom. The molecule has 2 aromatic heterocycles. The van der Waals surface area contributed by atoms with E-state index in [0.29, 0.717) is 11.2 Å². The van der Waals surface area contributed by atoms with Crippen LogP contribution in [0.2, 0.25) is 0 Å². The van der Waals surface area contributed by atoms with Crippen LogP contribution in [0, 0.1) is 0 Å². The molecule has 0 aromatic carbocycles. The van der Waals surface area contributed by atoms with Gasteiger partial charge in [-0.3, -0.25) is 8.75 Å². The van der Waals surface area contributed by atoms with E-state index in [2.05, 4.69) is 19.1 Å². The van der Waals surface area contributed by atoms with E-state index in [4.69, 9.17) is 24.7 Å². The molecule has 2 fully saturated rings. The van der Waals surface area contributed by atoms with E-state index in [1.165, 1.54) is 24.3 Å². The highest BCUT2D eigenvalue weighted by Crippen LogP contribution is 2.40. The largest absolute Gasteiger partial charge is 0.747 e. The van der Waals surface area contributed by atoms with Gasteiger partial charge in [-0.05, 0) is 0 Å². The van der Waals surface area contributed by atoms with Gasteiger partial charge in [0.2, 0.25) is 0 Å². The predicted molar refractivity (Wildman–Crippen MR) is 93.6 cm³/mol. The molecule has 4 heterocycles. The summed E-state index contributed by atoms with van der Waals surface area (Å²) in [5.74, 6) is 0.149. The highest BCUT2D eigenvalue weighted by molar-refractivity contribution is 8.03. The Morgan fingerprint density at radius 2 is 1.90 bits per heavy atom. The highest BCUT2D eigenvalue weighted by Gasteiger charge is 2.54. The van der Waals surface area contributed by atoms with Crippen molar-refractivity contribution in [2.45, 2.75) is 31.0 Å². The number of imidazole rings is 1. The molecular formula is C13H16N5O10S2-. The van der Waals surface area contributed by atoms with Crippen LogP contribution in [-0.4, -0.2) is 84.5 Å². The fourth-order valence-electron chi connectivity index (χ4n) is 3.21. The monoisotopic (exact) mass is 466 g/mol. The molecule has 15 nitrogen and oxygen atoms in total. The molecule has 2 aliphatic heterocycles. The lowest BCUT2D eigenvalue weighted by Crippen LogP contribution is -2.33. The third-order valence-corrected chi connectivity index (χ3v) is 7.18. The third-order valence-electron chi connectivity index (χ3n) is 4.38. The second-order valence-corrected chi connectivity index (χ2v) is 9.80. The molecule has 5 atom stereocenters. The minimum absolute atomic E-state index is 0.149. The van der Waals surface area contributed by atoms with E-state index in [0.717, 1.165) is 0 Å². The van der Waals surface area contributed by atoms with Crippen LogP contribution in [0.15, 0.2) is 12.7 Å². The van der Waals surface area contributed by atoms with Crippen molar-refractivity contribution >= 4 is 37.2 Å². The number of anilines is 1. The molecule has 2 unspecified atom stereocenters. The second-order valence-electron chi connectivity index (χ2n) is 6.39. The topological polar surface area (TPSA) is 207 Å². The van der Waals surface area contributed by atoms with Crippen molar-refractivity contribution in [2.24, 2.45) is 0 Å². The van der Waals surface area contributed by atoms with Crippen molar-refractivity contribution in [3.63, 3.8) is 0 Å². The molecule has 0 radical (unpaired) electrons. The van der Waals surface area contributed by atoms with Gasteiger partial charge in [0.15, 0.2) is 22.8 Å². The Balaban J connectivity index is 1.58. The van der Waals surface area contributed by atoms with Gasteiger partial charge in [0, 0.05) is 7.11 Å². The van der Waals surface area contributed by atoms with Crippen LogP contribution >= 0.6 is 0 Å². The summed E-state index contributed by atoms with van der Waals surface area (Å²) in [6, 6.07) is 0. The van der Waals surface area contributed by atoms with Crippen LogP contribution < -0.4 is 5.73 Å². The van der Waals surface area contributed by atoms with Crippen molar-refractivity contribution in [2.75, 3.05) is 24.5 Å². The molecule has 4 rings (SSSR count). The molecular weight excluding hydrogens is 450 g/mol. The minimum Gasteiger partial charge on any atom is -0.747 e. The fraction of sp³-hybridized carbons (Fsp3) is 0.615. The van der Waals surface area contributed by atoms with Crippen LogP contribution in [0.1, 0.15) is 6.23 Å². The molecule has 0 saturated carbocycles. The Bertz CT molecular complexity index is 1150. The molecule has 17 heteroatoms. The van der Waals surface area contributed by atoms with E-state index < -0.39 is 62.9 Å². The molecule has 2 N–H and O–H groups in total. The molecule has 166 valence electrons. The number of nitrogens with two attached hydrogens (primary N) is 1. The van der Waals surface area contributed by atoms with Gasteiger partial charge in [-0.25, -0.2) is 23.4 Å². The maximum absolute atomic E-state index is 11.7. The molecule has 2 saturated heterocycles. The minimum atomic E-state index is -5.05. The maximum Gasteiger partial charge on any atom is 0.280 e. The number of hydrogen-bond donors (Lipinski definition) is 1. The second kappa shape index (κ2) is 7.61. The standard InChI is InChI=1S/C13H17N5O10S2/c1-24-13-27-8-6(2-25-30(22,23)5-29(19,20)21)26-12(9(8)28-13)18-4-17-7-10(14)15-3-16-11(7)18/h3-4,6,8-9,12-13H,2,5H2,1H3,(H2,14,15,16)(H,19,20,21)/p-1/t6-,8+,9?,12-,13?/m1/s1. The summed E-state index contributed by atoms with van der Waals surface area (Å²) in [5.41, 5.74) is 6.44. The lowest BCUT2D eigenvalue weighted by molar-refractivity contribution is -0.256. The number of rotatable bonds is 7. The Morgan fingerprint density at radius 3 is 2.60 bits per heavy atom. The van der Waals surface area contributed by atoms with Crippen LogP contribution in [-0.2, 0) is 43.4 Å². The number of fused-ring (bicyclic) bond motifs is 2. The first-order chi connectivity index (χ1) is 14.1. The van der Waals surface area contributed by atoms with Gasteiger partial charge in [0.25, 0.3) is 16.6 Å². The lowest BCUT2D eigenvalue weighted by Gasteiger charge is -2.20. The van der Waals surface area contributed by atoms with E-state index in [9.17, 15) is 21.4 Å². The first-order valence-corrected chi connectivity index (χ1v) is 11.5. The van der Waals surface area contributed by atoms with Crippen LogP contribution in [0.3, 0.4) is 0 Å². The molecule has 30 heavy (non-hydrogen) atoms. The van der Waals surface area contributed by atoms with E-state index in [1.807, 2.05) is 0 Å². The fourth-order valence-corrected chi connectivity index (χ4v) is 5.24. The molecule has 0 bridgehead atoms. The Hall–Kier alpha value is -1.99. The zero-order valence-corrected chi connectivity index (χ0v) is 16.9. The van der Waals surface area contributed by atoms with Gasteiger partial charge in [-0.1, -0.05) is 0 Å². The van der Waals surface area contributed by atoms with Gasteiger partial charge in [0.1, 0.15) is 40.3 Å². The third kappa shape index (κ3) is 4.10. The van der Waals surface area contributed by atoms with Crippen LogP contribution in [0.4, 0.5) is 5.82 Å². The average molecular weight is 466 g/mol. The van der Waals surface area contributed by atoms with Crippen LogP contribution in [0.25, 0.3) is 11.2 Å². The molecule has 0 spiro atoms. The van der Waals surface area contributed by atoms with E-state index in [1.54, 1.807) is 0 Å². The Kier molecular flexibility index (Phi) is 5.39. The quantitative estimate of drug-likeness (QED) is 0.341. The summed E-state index contributed by atoms with van der Waals surface area (Å²) in [7, 11) is -8.36. The van der Waals surface area contributed by atoms with Crippen molar-refractivity contribution in [1.29, 1.82) is 0 Å². The number of nitrogens with zero attached hydrogens (tertiary/aromatic N) is 4. The molecule has 2 aromatic rings. The molecule has 0 amide bonds. The van der Waals surface area contributed by atoms with E-state index in [-0.39, 0.29) is 5.82 Å². The van der Waals surface area contributed by atoms with Crippen molar-refractivity contribution < 1.29 is 44.5 Å². The van der Waals surface area contributed by atoms with Gasteiger partial charge >= 0.3 is 0 Å². The van der Waals surface area contributed by atoms with Gasteiger partial charge in [-0.2, -0.15) is 8.42 Å². The van der Waals surface area contributed by atoms with Crippen LogP contribution in [0.5, 0.6) is 0 Å². The summed E-state index contributed by atoms with van der Waals surface area (Å²) in [6.45, 7) is -1.68. The smallest absolute Gasteiger partial charge is 0.280 e. The SMILES string of the molecule is COC1OC2[C@@H](O1)[C@@H](COS(=O)(=O)CS(=O)(=O)[O-])O[C@H]2n1cnc2c(N)ncnc21. The van der Waals surface area contributed by atoms with Crippen molar-refractivity contribution in [3.8, 4) is 0 Å². The summed E-state index contributed by atoms with van der Waals surface area (Å²) in [4.78, 5) is 12.1. The summed E-state index contributed by atoms with van der Waals surface area (Å²) in [5, 5.41) is -1.70. The zero-order chi connectivity index (χ0) is 21.7. The number of ether oxygens (including phenoxy) is 4. The first kappa shape index (κ1) is 21.2. The average Bonchev–Trinajstić information content (AvgIpc) is 3.31. The normalized spacial score (nSPS) is 29.5. The number of methoxy groups -OCH3 is 1. The van der Waals surface area contributed by atoms with Gasteiger partial charge in [-0.15, -0.1) is 0 Å².